The number of hydrogen-bond acceptors (Lipinski definition) is 2. The van der Waals surface area contributed by atoms with Crippen LogP contribution >= 0.6 is 0 Å². The predicted octanol–water partition coefficient (Wildman–Crippen LogP) is 0.919. The number of piperidine rings is 1. The van der Waals surface area contributed by atoms with Gasteiger partial charge in [-0.25, -0.2) is 0 Å². The zero-order chi connectivity index (χ0) is 6.97. The zero-order valence-corrected chi connectivity index (χ0v) is 6.42. The molecular weight excluding hydrogens is 124 g/mol. The fraction of sp³-hybridized carbons (Fsp3) is 1.00. The molecule has 2 heteroatoms. The Bertz CT molecular complexity index is 108. The standard InChI is InChI=1S/C8H16N2/c9-6-10-7-2-1-3-8(10)5-4-7/h7-8H,1-6,9H2. The first-order chi connectivity index (χ1) is 4.92. The SMILES string of the molecule is NCN1C2CCCC1CC2. The molecule has 2 aliphatic rings. The highest BCUT2D eigenvalue weighted by Crippen LogP contribution is 2.34. The van der Waals surface area contributed by atoms with Gasteiger partial charge >= 0.3 is 0 Å². The monoisotopic (exact) mass is 140 g/mol. The fourth-order valence-electron chi connectivity index (χ4n) is 2.52. The maximum Gasteiger partial charge on any atom is 0.0460 e. The molecule has 0 aromatic heterocycles. The van der Waals surface area contributed by atoms with Crippen molar-refractivity contribution < 1.29 is 0 Å². The fourth-order valence-corrected chi connectivity index (χ4v) is 2.52. The smallest absolute Gasteiger partial charge is 0.0460 e. The van der Waals surface area contributed by atoms with Crippen LogP contribution in [0, 0.1) is 0 Å². The first-order valence-electron chi connectivity index (χ1n) is 4.37. The van der Waals surface area contributed by atoms with Gasteiger partial charge in [-0.15, -0.1) is 0 Å². The largest absolute Gasteiger partial charge is 0.318 e. The molecule has 0 saturated carbocycles. The van der Waals surface area contributed by atoms with Crippen LogP contribution in [0.15, 0.2) is 0 Å². The van der Waals surface area contributed by atoms with Crippen LogP contribution < -0.4 is 5.73 Å². The van der Waals surface area contributed by atoms with Crippen molar-refractivity contribution in [2.75, 3.05) is 6.67 Å². The Morgan fingerprint density at radius 2 is 1.70 bits per heavy atom. The molecule has 2 bridgehead atoms. The molecule has 2 saturated heterocycles. The van der Waals surface area contributed by atoms with Crippen molar-refractivity contribution >= 4 is 0 Å². The summed E-state index contributed by atoms with van der Waals surface area (Å²) < 4.78 is 0. The lowest BCUT2D eigenvalue weighted by Gasteiger charge is -2.33. The number of hydrogen-bond donors (Lipinski definition) is 1. The molecule has 0 radical (unpaired) electrons. The minimum absolute atomic E-state index is 0.787. The van der Waals surface area contributed by atoms with Crippen LogP contribution in [0.1, 0.15) is 32.1 Å². The van der Waals surface area contributed by atoms with Crippen LogP contribution in [0.5, 0.6) is 0 Å². The van der Waals surface area contributed by atoms with Gasteiger partial charge in [-0.3, -0.25) is 4.90 Å². The third-order valence-electron chi connectivity index (χ3n) is 3.06. The number of rotatable bonds is 1. The van der Waals surface area contributed by atoms with Crippen molar-refractivity contribution in [1.29, 1.82) is 0 Å². The van der Waals surface area contributed by atoms with Crippen LogP contribution in [0.3, 0.4) is 0 Å². The van der Waals surface area contributed by atoms with E-state index in [4.69, 9.17) is 5.73 Å². The van der Waals surface area contributed by atoms with Crippen LogP contribution in [-0.2, 0) is 0 Å². The lowest BCUT2D eigenvalue weighted by atomic mass is 10.0. The molecule has 2 rings (SSSR count). The summed E-state index contributed by atoms with van der Waals surface area (Å²) in [6.07, 6.45) is 7.04. The maximum absolute atomic E-state index is 5.65. The van der Waals surface area contributed by atoms with E-state index in [0.29, 0.717) is 0 Å². The minimum Gasteiger partial charge on any atom is -0.318 e. The van der Waals surface area contributed by atoms with Crippen LogP contribution in [-0.4, -0.2) is 23.7 Å². The highest BCUT2D eigenvalue weighted by Gasteiger charge is 2.34. The van der Waals surface area contributed by atoms with Gasteiger partial charge in [0.1, 0.15) is 0 Å². The molecule has 2 fully saturated rings. The summed E-state index contributed by atoms with van der Waals surface area (Å²) in [7, 11) is 0. The van der Waals surface area contributed by atoms with Gasteiger partial charge in [0.25, 0.3) is 0 Å². The van der Waals surface area contributed by atoms with E-state index >= 15 is 0 Å². The molecule has 2 unspecified atom stereocenters. The summed E-state index contributed by atoms with van der Waals surface area (Å²) in [5, 5.41) is 0. The van der Waals surface area contributed by atoms with Crippen molar-refractivity contribution in [3.63, 3.8) is 0 Å². The molecule has 0 amide bonds. The molecule has 2 aliphatic heterocycles. The summed E-state index contributed by atoms with van der Waals surface area (Å²) in [6, 6.07) is 1.70. The van der Waals surface area contributed by atoms with Crippen molar-refractivity contribution in [3.8, 4) is 0 Å². The normalized spacial score (nSPS) is 40.5. The summed E-state index contributed by atoms with van der Waals surface area (Å²) in [5.41, 5.74) is 5.65. The van der Waals surface area contributed by atoms with E-state index in [1.54, 1.807) is 0 Å². The summed E-state index contributed by atoms with van der Waals surface area (Å²) in [4.78, 5) is 2.49. The van der Waals surface area contributed by atoms with Crippen LogP contribution in [0.25, 0.3) is 0 Å². The third-order valence-corrected chi connectivity index (χ3v) is 3.06. The molecule has 0 aromatic carbocycles. The first kappa shape index (κ1) is 6.62. The third kappa shape index (κ3) is 0.867. The average Bonchev–Trinajstić information content (AvgIpc) is 2.19. The lowest BCUT2D eigenvalue weighted by Crippen LogP contribution is -2.42. The molecule has 2 N–H and O–H groups in total. The van der Waals surface area contributed by atoms with E-state index in [9.17, 15) is 0 Å². The minimum atomic E-state index is 0.787. The summed E-state index contributed by atoms with van der Waals surface area (Å²) in [6.45, 7) is 0.787. The second-order valence-corrected chi connectivity index (χ2v) is 3.51. The van der Waals surface area contributed by atoms with E-state index in [1.165, 1.54) is 32.1 Å². The van der Waals surface area contributed by atoms with Crippen molar-refractivity contribution in [3.05, 3.63) is 0 Å². The topological polar surface area (TPSA) is 29.3 Å². The van der Waals surface area contributed by atoms with Gasteiger partial charge in [0.2, 0.25) is 0 Å². The summed E-state index contributed by atoms with van der Waals surface area (Å²) in [5.74, 6) is 0. The van der Waals surface area contributed by atoms with Gasteiger partial charge in [-0.05, 0) is 25.7 Å². The Labute approximate surface area is 62.4 Å². The van der Waals surface area contributed by atoms with Crippen molar-refractivity contribution in [2.24, 2.45) is 5.73 Å². The van der Waals surface area contributed by atoms with E-state index in [0.717, 1.165) is 18.8 Å². The quantitative estimate of drug-likeness (QED) is 0.587. The second kappa shape index (κ2) is 2.51. The molecule has 2 nitrogen and oxygen atoms in total. The van der Waals surface area contributed by atoms with E-state index in [1.807, 2.05) is 0 Å². The van der Waals surface area contributed by atoms with E-state index in [-0.39, 0.29) is 0 Å². The Balaban J connectivity index is 2.06. The molecule has 0 aromatic rings. The van der Waals surface area contributed by atoms with E-state index < -0.39 is 0 Å². The molecule has 0 spiro atoms. The number of nitrogens with zero attached hydrogens (tertiary/aromatic N) is 1. The Hall–Kier alpha value is -0.0800. The van der Waals surface area contributed by atoms with Gasteiger partial charge in [0.15, 0.2) is 0 Å². The molecule has 0 aliphatic carbocycles. The molecule has 2 heterocycles. The van der Waals surface area contributed by atoms with E-state index in [2.05, 4.69) is 4.90 Å². The molecule has 10 heavy (non-hydrogen) atoms. The van der Waals surface area contributed by atoms with Crippen molar-refractivity contribution in [1.82, 2.24) is 4.90 Å². The molecule has 58 valence electrons. The second-order valence-electron chi connectivity index (χ2n) is 3.51. The number of nitrogens with two attached hydrogens (primary N) is 1. The van der Waals surface area contributed by atoms with Crippen LogP contribution in [0.4, 0.5) is 0 Å². The molecule has 2 atom stereocenters. The predicted molar refractivity (Wildman–Crippen MR) is 41.6 cm³/mol. The van der Waals surface area contributed by atoms with Gasteiger partial charge in [0.05, 0.1) is 0 Å². The van der Waals surface area contributed by atoms with Crippen molar-refractivity contribution in [2.45, 2.75) is 44.2 Å². The summed E-state index contributed by atoms with van der Waals surface area (Å²) >= 11 is 0. The first-order valence-corrected chi connectivity index (χ1v) is 4.37. The number of fused-ring (bicyclic) bond motifs is 2. The average molecular weight is 140 g/mol. The highest BCUT2D eigenvalue weighted by atomic mass is 15.3. The lowest BCUT2D eigenvalue weighted by molar-refractivity contribution is 0.145. The zero-order valence-electron chi connectivity index (χ0n) is 6.42. The van der Waals surface area contributed by atoms with Crippen LogP contribution in [0.2, 0.25) is 0 Å². The Kier molecular flexibility index (Phi) is 1.66. The highest BCUT2D eigenvalue weighted by molar-refractivity contribution is 4.90. The van der Waals surface area contributed by atoms with Gasteiger partial charge < -0.3 is 5.73 Å². The maximum atomic E-state index is 5.65. The molecular formula is C8H16N2. The Morgan fingerprint density at radius 1 is 1.10 bits per heavy atom. The van der Waals surface area contributed by atoms with Gasteiger partial charge in [0, 0.05) is 18.8 Å². The Morgan fingerprint density at radius 3 is 2.10 bits per heavy atom. The van der Waals surface area contributed by atoms with Gasteiger partial charge in [-0.2, -0.15) is 0 Å². The van der Waals surface area contributed by atoms with Gasteiger partial charge in [-0.1, -0.05) is 6.42 Å².